The van der Waals surface area contributed by atoms with Gasteiger partial charge < -0.3 is 4.42 Å². The monoisotopic (exact) mass is 370 g/mol. The van der Waals surface area contributed by atoms with Crippen LogP contribution in [0.15, 0.2) is 26.1 Å². The summed E-state index contributed by atoms with van der Waals surface area (Å²) in [7, 11) is 0. The first kappa shape index (κ1) is 18.0. The Bertz CT molecular complexity index is 1060. The van der Waals surface area contributed by atoms with Gasteiger partial charge in [-0.15, -0.1) is 5.10 Å². The molecule has 0 atom stereocenters. The van der Waals surface area contributed by atoms with Gasteiger partial charge in [0, 0.05) is 19.0 Å². The minimum atomic E-state index is -3.09. The topological polar surface area (TPSA) is 75.0 Å². The van der Waals surface area contributed by atoms with Crippen molar-refractivity contribution < 1.29 is 17.6 Å². The molecule has 10 heteroatoms. The fourth-order valence-corrected chi connectivity index (χ4v) is 2.84. The molecule has 0 N–H and O–H groups in total. The Morgan fingerprint density at radius 3 is 2.54 bits per heavy atom. The summed E-state index contributed by atoms with van der Waals surface area (Å²) in [5.74, 6) is -1.69. The third kappa shape index (κ3) is 2.85. The van der Waals surface area contributed by atoms with E-state index in [-0.39, 0.29) is 33.6 Å². The molecule has 0 saturated carbocycles. The van der Waals surface area contributed by atoms with Gasteiger partial charge in [0.2, 0.25) is 0 Å². The molecule has 0 unspecified atom stereocenters. The smallest absolute Gasteiger partial charge is 0.408 e. The van der Waals surface area contributed by atoms with E-state index in [1.807, 2.05) is 6.92 Å². The van der Waals surface area contributed by atoms with Gasteiger partial charge in [0.25, 0.3) is 0 Å². The lowest BCUT2D eigenvalue weighted by molar-refractivity contribution is 0.0630. The Labute approximate surface area is 145 Å². The summed E-state index contributed by atoms with van der Waals surface area (Å²) in [5, 5.41) is 3.87. The molecule has 0 aliphatic heterocycles. The maximum absolute atomic E-state index is 14.5. The van der Waals surface area contributed by atoms with E-state index in [0.29, 0.717) is 24.1 Å². The molecule has 1 aromatic carbocycles. The predicted octanol–water partition coefficient (Wildman–Crippen LogP) is 2.84. The molecular weight excluding hydrogens is 353 g/mol. The zero-order valence-corrected chi connectivity index (χ0v) is 14.2. The average Bonchev–Trinajstić information content (AvgIpc) is 3.04. The summed E-state index contributed by atoms with van der Waals surface area (Å²) in [6.07, 6.45) is 1.26. The van der Waals surface area contributed by atoms with Crippen LogP contribution in [0.5, 0.6) is 0 Å². The van der Waals surface area contributed by atoms with Crippen LogP contribution in [-0.4, -0.2) is 18.9 Å². The quantitative estimate of drug-likeness (QED) is 0.669. The van der Waals surface area contributed by atoms with E-state index in [1.165, 1.54) is 10.6 Å². The second kappa shape index (κ2) is 6.85. The summed E-state index contributed by atoms with van der Waals surface area (Å²) in [5.41, 5.74) is -1.18. The second-order valence-electron chi connectivity index (χ2n) is 5.80. The van der Waals surface area contributed by atoms with Crippen LogP contribution in [0, 0.1) is 5.82 Å². The van der Waals surface area contributed by atoms with Crippen LogP contribution >= 0.6 is 0 Å². The zero-order chi connectivity index (χ0) is 19.0. The number of benzene rings is 1. The van der Waals surface area contributed by atoms with Gasteiger partial charge in [-0.1, -0.05) is 13.8 Å². The third-order valence-corrected chi connectivity index (χ3v) is 3.96. The number of rotatable bonds is 6. The summed E-state index contributed by atoms with van der Waals surface area (Å²) in [6.45, 7) is 0.845. The van der Waals surface area contributed by atoms with Crippen LogP contribution in [0.3, 0.4) is 0 Å². The molecule has 0 amide bonds. The largest absolute Gasteiger partial charge is 0.419 e. The number of hydrogen-bond donors (Lipinski definition) is 0. The Kier molecular flexibility index (Phi) is 4.75. The highest BCUT2D eigenvalue weighted by atomic mass is 19.3. The standard InChI is InChI=1S/C16H17F3N4O3/c1-3-5-13-20-23(15(24)22(13)14(18)19)10-8-11-12(7-9(10)17)26-16(25)21(11)6-4-2/h7-8,14H,3-6H2,1-2H3. The molecule has 0 spiro atoms. The van der Waals surface area contributed by atoms with E-state index in [2.05, 4.69) is 5.10 Å². The molecule has 3 aromatic rings. The number of oxazole rings is 1. The fraction of sp³-hybridized carbons (Fsp3) is 0.438. The highest BCUT2D eigenvalue weighted by Crippen LogP contribution is 2.22. The molecule has 0 aliphatic carbocycles. The summed E-state index contributed by atoms with van der Waals surface area (Å²) >= 11 is 0. The number of aromatic nitrogens is 4. The van der Waals surface area contributed by atoms with E-state index in [1.54, 1.807) is 6.92 Å². The number of hydrogen-bond acceptors (Lipinski definition) is 4. The van der Waals surface area contributed by atoms with Gasteiger partial charge >= 0.3 is 18.0 Å². The highest BCUT2D eigenvalue weighted by molar-refractivity contribution is 5.76. The van der Waals surface area contributed by atoms with Crippen molar-refractivity contribution in [2.75, 3.05) is 0 Å². The van der Waals surface area contributed by atoms with Crippen molar-refractivity contribution in [3.8, 4) is 5.69 Å². The Morgan fingerprint density at radius 2 is 1.92 bits per heavy atom. The number of aryl methyl sites for hydroxylation is 2. The summed E-state index contributed by atoms with van der Waals surface area (Å²) in [6, 6.07) is 2.16. The van der Waals surface area contributed by atoms with Gasteiger partial charge in [0.1, 0.15) is 11.5 Å². The van der Waals surface area contributed by atoms with Crippen molar-refractivity contribution in [2.45, 2.75) is 46.2 Å². The predicted molar refractivity (Wildman–Crippen MR) is 87.4 cm³/mol. The lowest BCUT2D eigenvalue weighted by atomic mass is 10.2. The van der Waals surface area contributed by atoms with Crippen LogP contribution in [-0.2, 0) is 13.0 Å². The summed E-state index contributed by atoms with van der Waals surface area (Å²) < 4.78 is 48.0. The van der Waals surface area contributed by atoms with Crippen molar-refractivity contribution in [1.29, 1.82) is 0 Å². The first-order valence-electron chi connectivity index (χ1n) is 8.20. The van der Waals surface area contributed by atoms with Crippen LogP contribution < -0.4 is 11.4 Å². The van der Waals surface area contributed by atoms with Crippen molar-refractivity contribution in [3.63, 3.8) is 0 Å². The molecule has 140 valence electrons. The van der Waals surface area contributed by atoms with Crippen LogP contribution in [0.1, 0.15) is 39.1 Å². The third-order valence-electron chi connectivity index (χ3n) is 3.96. The molecule has 2 aromatic heterocycles. The molecule has 0 fully saturated rings. The molecule has 2 heterocycles. The SMILES string of the molecule is CCCc1nn(-c2cc3c(cc2F)oc(=O)n3CCC)c(=O)n1C(F)F. The average molecular weight is 370 g/mol. The summed E-state index contributed by atoms with van der Waals surface area (Å²) in [4.78, 5) is 24.2. The van der Waals surface area contributed by atoms with Crippen LogP contribution in [0.25, 0.3) is 16.8 Å². The van der Waals surface area contributed by atoms with E-state index in [4.69, 9.17) is 4.42 Å². The van der Waals surface area contributed by atoms with Crippen molar-refractivity contribution >= 4 is 11.1 Å². The van der Waals surface area contributed by atoms with E-state index in [9.17, 15) is 22.8 Å². The fourth-order valence-electron chi connectivity index (χ4n) is 2.84. The van der Waals surface area contributed by atoms with Gasteiger partial charge in [-0.05, 0) is 18.9 Å². The lowest BCUT2D eigenvalue weighted by Gasteiger charge is -2.04. The highest BCUT2D eigenvalue weighted by Gasteiger charge is 2.23. The number of nitrogens with zero attached hydrogens (tertiary/aromatic N) is 4. The van der Waals surface area contributed by atoms with Gasteiger partial charge in [0.15, 0.2) is 11.4 Å². The van der Waals surface area contributed by atoms with Crippen LogP contribution in [0.4, 0.5) is 13.2 Å². The molecule has 7 nitrogen and oxygen atoms in total. The Morgan fingerprint density at radius 1 is 1.19 bits per heavy atom. The van der Waals surface area contributed by atoms with Crippen molar-refractivity contribution in [3.05, 3.63) is 44.8 Å². The minimum Gasteiger partial charge on any atom is -0.408 e. The maximum Gasteiger partial charge on any atom is 0.419 e. The Balaban J connectivity index is 2.27. The van der Waals surface area contributed by atoms with Crippen LogP contribution in [0.2, 0.25) is 0 Å². The maximum atomic E-state index is 14.5. The molecule has 3 rings (SSSR count). The second-order valence-corrected chi connectivity index (χ2v) is 5.80. The van der Waals surface area contributed by atoms with E-state index in [0.717, 1.165) is 6.07 Å². The van der Waals surface area contributed by atoms with Crippen molar-refractivity contribution in [2.24, 2.45) is 0 Å². The first-order chi connectivity index (χ1) is 12.4. The molecule has 26 heavy (non-hydrogen) atoms. The normalized spacial score (nSPS) is 11.8. The molecule has 0 bridgehead atoms. The lowest BCUT2D eigenvalue weighted by Crippen LogP contribution is -2.25. The molecule has 0 saturated heterocycles. The molecule has 0 aliphatic rings. The van der Waals surface area contributed by atoms with Gasteiger partial charge in [-0.3, -0.25) is 4.57 Å². The minimum absolute atomic E-state index is 0.0137. The van der Waals surface area contributed by atoms with Gasteiger partial charge in [0.05, 0.1) is 5.52 Å². The van der Waals surface area contributed by atoms with E-state index >= 15 is 0 Å². The first-order valence-corrected chi connectivity index (χ1v) is 8.20. The number of halogens is 3. The number of fused-ring (bicyclic) bond motifs is 1. The van der Waals surface area contributed by atoms with E-state index < -0.39 is 23.8 Å². The molecular formula is C16H17F3N4O3. The zero-order valence-electron chi connectivity index (χ0n) is 14.2. The Hall–Kier alpha value is -2.78. The molecule has 0 radical (unpaired) electrons. The number of alkyl halides is 2. The van der Waals surface area contributed by atoms with Crippen molar-refractivity contribution in [1.82, 2.24) is 18.9 Å². The van der Waals surface area contributed by atoms with Gasteiger partial charge in [-0.25, -0.2) is 18.5 Å². The van der Waals surface area contributed by atoms with Gasteiger partial charge in [-0.2, -0.15) is 13.5 Å².